The number of rotatable bonds is 3. The Balaban J connectivity index is 0. The molecule has 0 fully saturated rings. The van der Waals surface area contributed by atoms with Crippen LogP contribution >= 0.6 is 0 Å². The molecule has 0 rings (SSSR count). The van der Waals surface area contributed by atoms with E-state index < -0.39 is 0 Å². The Kier molecular flexibility index (Phi) is 8.50. The van der Waals surface area contributed by atoms with Crippen molar-refractivity contribution in [3.05, 3.63) is 11.8 Å². The van der Waals surface area contributed by atoms with Gasteiger partial charge in [-0.25, -0.2) is 0 Å². The second-order valence-corrected chi connectivity index (χ2v) is 3.47. The molecule has 0 aromatic heterocycles. The van der Waals surface area contributed by atoms with Gasteiger partial charge in [0, 0.05) is 0 Å². The number of allylic oxidation sites excluding steroid dienone is 2. The van der Waals surface area contributed by atoms with Crippen LogP contribution in [0.2, 0.25) is 0 Å². The van der Waals surface area contributed by atoms with Crippen LogP contribution in [-0.2, 0) is 0 Å². The Hall–Kier alpha value is 0.137. The minimum Gasteiger partial charge on any atom is -0.876 e. The van der Waals surface area contributed by atoms with E-state index >= 15 is 0 Å². The summed E-state index contributed by atoms with van der Waals surface area (Å²) in [4.78, 5) is 0. The van der Waals surface area contributed by atoms with Crippen molar-refractivity contribution < 1.29 is 24.0 Å². The van der Waals surface area contributed by atoms with Gasteiger partial charge >= 0.3 is 18.9 Å². The average molecular weight is 148 g/mol. The molecule has 0 N–H and O–H groups in total. The molecule has 11 heavy (non-hydrogen) atoms. The molecule has 0 aliphatic carbocycles. The smallest absolute Gasteiger partial charge is 0.876 e. The summed E-state index contributed by atoms with van der Waals surface area (Å²) in [7, 11) is 0. The van der Waals surface area contributed by atoms with Gasteiger partial charge in [-0.3, -0.25) is 0 Å². The van der Waals surface area contributed by atoms with Crippen molar-refractivity contribution in [1.82, 2.24) is 0 Å². The van der Waals surface area contributed by atoms with Gasteiger partial charge in [-0.1, -0.05) is 33.8 Å². The maximum absolute atomic E-state index is 11.0. The third kappa shape index (κ3) is 10.1. The van der Waals surface area contributed by atoms with Crippen LogP contribution in [0, 0.1) is 11.8 Å². The van der Waals surface area contributed by atoms with E-state index in [0.717, 1.165) is 0 Å². The summed E-state index contributed by atoms with van der Waals surface area (Å²) >= 11 is 0. The zero-order valence-electron chi connectivity index (χ0n) is 8.35. The molecule has 0 saturated carbocycles. The molecule has 0 aromatic carbocycles. The maximum Gasteiger partial charge on any atom is 1.00 e. The Labute approximate surface area is 82.1 Å². The third-order valence-electron chi connectivity index (χ3n) is 1.13. The van der Waals surface area contributed by atoms with Crippen molar-refractivity contribution in [3.63, 3.8) is 0 Å². The minimum atomic E-state index is 0. The SMILES string of the molecule is CC(C)/C=C(\[O-])CC(C)C.[Li+]. The van der Waals surface area contributed by atoms with Gasteiger partial charge in [0.25, 0.3) is 0 Å². The van der Waals surface area contributed by atoms with E-state index in [9.17, 15) is 5.11 Å². The van der Waals surface area contributed by atoms with E-state index in [1.807, 2.05) is 13.8 Å². The molecule has 0 radical (unpaired) electrons. The minimum absolute atomic E-state index is 0. The van der Waals surface area contributed by atoms with Crippen LogP contribution in [0.1, 0.15) is 34.1 Å². The number of hydrogen-bond acceptors (Lipinski definition) is 1. The number of hydrogen-bond donors (Lipinski definition) is 0. The molecule has 60 valence electrons. The van der Waals surface area contributed by atoms with Gasteiger partial charge in [-0.15, -0.1) is 5.76 Å². The molecule has 2 heteroatoms. The van der Waals surface area contributed by atoms with Gasteiger partial charge in [0.1, 0.15) is 0 Å². The standard InChI is InChI=1S/C9H18O.Li/c1-7(2)5-9(10)6-8(3)4;/h5,7-8,10H,6H2,1-4H3;/q;+1/p-1/b9-5-;. The summed E-state index contributed by atoms with van der Waals surface area (Å²) in [5.74, 6) is 1.17. The molecular weight excluding hydrogens is 131 g/mol. The molecule has 0 aliphatic rings. The molecule has 0 heterocycles. The summed E-state index contributed by atoms with van der Waals surface area (Å²) in [6.07, 6.45) is 2.48. The first-order chi connectivity index (χ1) is 4.52. The Bertz CT molecular complexity index is 117. The molecule has 0 saturated heterocycles. The zero-order chi connectivity index (χ0) is 8.15. The summed E-state index contributed by atoms with van der Waals surface area (Å²) in [5.41, 5.74) is 0. The van der Waals surface area contributed by atoms with Crippen LogP contribution < -0.4 is 24.0 Å². The van der Waals surface area contributed by atoms with Crippen molar-refractivity contribution in [3.8, 4) is 0 Å². The summed E-state index contributed by atoms with van der Waals surface area (Å²) < 4.78 is 0. The molecule has 1 nitrogen and oxygen atoms in total. The summed E-state index contributed by atoms with van der Waals surface area (Å²) in [6.45, 7) is 8.18. The molecule has 0 bridgehead atoms. The van der Waals surface area contributed by atoms with Gasteiger partial charge < -0.3 is 5.11 Å². The fourth-order valence-electron chi connectivity index (χ4n) is 0.842. The predicted molar refractivity (Wildman–Crippen MR) is 42.4 cm³/mol. The molecule has 0 unspecified atom stereocenters. The molecule has 0 spiro atoms. The van der Waals surface area contributed by atoms with Gasteiger partial charge in [0.05, 0.1) is 0 Å². The first kappa shape index (κ1) is 13.7. The predicted octanol–water partition coefficient (Wildman–Crippen LogP) is -1.06. The normalized spacial score (nSPS) is 12.0. The van der Waals surface area contributed by atoms with E-state index in [0.29, 0.717) is 18.3 Å². The fraction of sp³-hybridized carbons (Fsp3) is 0.778. The van der Waals surface area contributed by atoms with Crippen molar-refractivity contribution in [2.24, 2.45) is 11.8 Å². The first-order valence-electron chi connectivity index (χ1n) is 3.90. The van der Waals surface area contributed by atoms with Crippen LogP contribution in [0.5, 0.6) is 0 Å². The van der Waals surface area contributed by atoms with Crippen LogP contribution in [0.4, 0.5) is 0 Å². The van der Waals surface area contributed by atoms with E-state index in [1.54, 1.807) is 6.08 Å². The quantitative estimate of drug-likeness (QED) is 0.369. The van der Waals surface area contributed by atoms with Crippen LogP contribution in [0.15, 0.2) is 11.8 Å². The van der Waals surface area contributed by atoms with Gasteiger partial charge in [0.15, 0.2) is 0 Å². The van der Waals surface area contributed by atoms with Gasteiger partial charge in [0.2, 0.25) is 0 Å². The first-order valence-corrected chi connectivity index (χ1v) is 3.90. The van der Waals surface area contributed by atoms with Crippen molar-refractivity contribution in [2.45, 2.75) is 34.1 Å². The van der Waals surface area contributed by atoms with E-state index in [2.05, 4.69) is 13.8 Å². The van der Waals surface area contributed by atoms with Crippen molar-refractivity contribution in [2.75, 3.05) is 0 Å². The molecule has 0 atom stereocenters. The Morgan fingerprint density at radius 2 is 1.73 bits per heavy atom. The second-order valence-electron chi connectivity index (χ2n) is 3.47. The second kappa shape index (κ2) is 6.82. The topological polar surface area (TPSA) is 23.1 Å². The fourth-order valence-corrected chi connectivity index (χ4v) is 0.842. The van der Waals surface area contributed by atoms with E-state index in [1.165, 1.54) is 0 Å². The average Bonchev–Trinajstić information content (AvgIpc) is 1.58. The summed E-state index contributed by atoms with van der Waals surface area (Å²) in [6, 6.07) is 0. The largest absolute Gasteiger partial charge is 1.00 e. The molecule has 0 aliphatic heterocycles. The zero-order valence-corrected chi connectivity index (χ0v) is 8.35. The van der Waals surface area contributed by atoms with Crippen LogP contribution in [-0.4, -0.2) is 0 Å². The monoisotopic (exact) mass is 148 g/mol. The van der Waals surface area contributed by atoms with Crippen molar-refractivity contribution >= 4 is 0 Å². The van der Waals surface area contributed by atoms with Gasteiger partial charge in [-0.2, -0.15) is 0 Å². The van der Waals surface area contributed by atoms with Crippen molar-refractivity contribution in [1.29, 1.82) is 0 Å². The summed E-state index contributed by atoms with van der Waals surface area (Å²) in [5, 5.41) is 11.0. The van der Waals surface area contributed by atoms with Gasteiger partial charge in [-0.05, 0) is 18.3 Å². The molecule has 0 aromatic rings. The molecule has 0 amide bonds. The Morgan fingerprint density at radius 1 is 1.27 bits per heavy atom. The van der Waals surface area contributed by atoms with Crippen LogP contribution in [0.3, 0.4) is 0 Å². The maximum atomic E-state index is 11.0. The third-order valence-corrected chi connectivity index (χ3v) is 1.13. The van der Waals surface area contributed by atoms with E-state index in [-0.39, 0.29) is 24.6 Å². The van der Waals surface area contributed by atoms with Crippen LogP contribution in [0.25, 0.3) is 0 Å². The Morgan fingerprint density at radius 3 is 2.00 bits per heavy atom. The van der Waals surface area contributed by atoms with E-state index in [4.69, 9.17) is 0 Å². The molecular formula is C9H17LiO.